The van der Waals surface area contributed by atoms with E-state index >= 15 is 0 Å². The van der Waals surface area contributed by atoms with Crippen molar-refractivity contribution in [2.24, 2.45) is 11.1 Å². The zero-order chi connectivity index (χ0) is 14.7. The molecular formula is C13H24N2O4. The first-order valence-corrected chi connectivity index (χ1v) is 6.60. The highest BCUT2D eigenvalue weighted by atomic mass is 16.6. The Bertz CT molecular complexity index is 341. The molecule has 0 bridgehead atoms. The van der Waals surface area contributed by atoms with Crippen LogP contribution in [0.2, 0.25) is 0 Å². The predicted octanol–water partition coefficient (Wildman–Crippen LogP) is 1.48. The molecular weight excluding hydrogens is 248 g/mol. The van der Waals surface area contributed by atoms with Crippen LogP contribution in [0.3, 0.4) is 0 Å². The zero-order valence-electron chi connectivity index (χ0n) is 11.9. The Labute approximate surface area is 113 Å². The second kappa shape index (κ2) is 5.77. The second-order valence-electron chi connectivity index (χ2n) is 6.28. The highest BCUT2D eigenvalue weighted by molar-refractivity contribution is 5.76. The number of nitrogens with two attached hydrogens (primary N) is 1. The fourth-order valence-corrected chi connectivity index (χ4v) is 2.21. The van der Waals surface area contributed by atoms with Gasteiger partial charge in [0, 0.05) is 12.6 Å². The number of rotatable bonds is 3. The summed E-state index contributed by atoms with van der Waals surface area (Å²) in [5.41, 5.74) is 4.29. The van der Waals surface area contributed by atoms with Crippen molar-refractivity contribution >= 4 is 12.1 Å². The van der Waals surface area contributed by atoms with Crippen molar-refractivity contribution < 1.29 is 19.4 Å². The van der Waals surface area contributed by atoms with Crippen LogP contribution < -0.4 is 11.1 Å². The number of ether oxygens (including phenoxy) is 1. The first kappa shape index (κ1) is 15.8. The quantitative estimate of drug-likeness (QED) is 0.722. The Morgan fingerprint density at radius 1 is 1.37 bits per heavy atom. The molecule has 110 valence electrons. The average molecular weight is 272 g/mol. The van der Waals surface area contributed by atoms with E-state index < -0.39 is 23.1 Å². The van der Waals surface area contributed by atoms with Crippen molar-refractivity contribution in [3.05, 3.63) is 0 Å². The molecule has 0 aromatic heterocycles. The van der Waals surface area contributed by atoms with Crippen LogP contribution in [-0.4, -0.2) is 35.4 Å². The lowest BCUT2D eigenvalue weighted by atomic mass is 9.72. The summed E-state index contributed by atoms with van der Waals surface area (Å²) in [7, 11) is 0. The summed E-state index contributed by atoms with van der Waals surface area (Å²) in [5, 5.41) is 12.0. The number of amides is 1. The number of carbonyl (C=O) groups excluding carboxylic acids is 1. The molecule has 0 atom stereocenters. The van der Waals surface area contributed by atoms with E-state index in [0.717, 1.165) is 0 Å². The smallest absolute Gasteiger partial charge is 0.407 e. The van der Waals surface area contributed by atoms with Crippen LogP contribution in [0, 0.1) is 5.41 Å². The number of hydrogen-bond donors (Lipinski definition) is 3. The van der Waals surface area contributed by atoms with Gasteiger partial charge in [-0.25, -0.2) is 4.79 Å². The van der Waals surface area contributed by atoms with Crippen LogP contribution in [0.4, 0.5) is 4.79 Å². The molecule has 1 saturated carbocycles. The number of carboxylic acid groups (broad SMARTS) is 1. The predicted molar refractivity (Wildman–Crippen MR) is 70.7 cm³/mol. The van der Waals surface area contributed by atoms with Crippen LogP contribution in [0.5, 0.6) is 0 Å². The summed E-state index contributed by atoms with van der Waals surface area (Å²) in [6.07, 6.45) is 1.73. The third-order valence-corrected chi connectivity index (χ3v) is 3.41. The number of carboxylic acids is 1. The van der Waals surface area contributed by atoms with E-state index in [1.54, 1.807) is 20.8 Å². The molecule has 19 heavy (non-hydrogen) atoms. The van der Waals surface area contributed by atoms with Gasteiger partial charge in [0.1, 0.15) is 5.60 Å². The van der Waals surface area contributed by atoms with Gasteiger partial charge < -0.3 is 20.9 Å². The topological polar surface area (TPSA) is 102 Å². The summed E-state index contributed by atoms with van der Waals surface area (Å²) in [4.78, 5) is 23.0. The summed E-state index contributed by atoms with van der Waals surface area (Å²) >= 11 is 0. The standard InChI is InChI=1S/C13H24N2O4/c1-12(2,3)19-11(18)15-8-13(10(16)17)6-4-9(14)5-7-13/h9H,4-8,14H2,1-3H3,(H,15,18)(H,16,17). The maximum atomic E-state index is 11.6. The summed E-state index contributed by atoms with van der Waals surface area (Å²) < 4.78 is 5.11. The minimum Gasteiger partial charge on any atom is -0.481 e. The maximum Gasteiger partial charge on any atom is 0.407 e. The Kier molecular flexibility index (Phi) is 4.79. The molecule has 0 radical (unpaired) electrons. The van der Waals surface area contributed by atoms with E-state index in [-0.39, 0.29) is 12.6 Å². The van der Waals surface area contributed by atoms with Crippen molar-refractivity contribution in [1.82, 2.24) is 5.32 Å². The van der Waals surface area contributed by atoms with E-state index in [9.17, 15) is 14.7 Å². The average Bonchev–Trinajstić information content (AvgIpc) is 2.26. The van der Waals surface area contributed by atoms with Gasteiger partial charge >= 0.3 is 12.1 Å². The molecule has 1 rings (SSSR count). The molecule has 1 amide bonds. The molecule has 6 nitrogen and oxygen atoms in total. The molecule has 1 aliphatic carbocycles. The van der Waals surface area contributed by atoms with E-state index in [4.69, 9.17) is 10.5 Å². The monoisotopic (exact) mass is 272 g/mol. The highest BCUT2D eigenvalue weighted by Gasteiger charge is 2.41. The molecule has 0 unspecified atom stereocenters. The molecule has 6 heteroatoms. The van der Waals surface area contributed by atoms with Crippen molar-refractivity contribution in [2.45, 2.75) is 58.1 Å². The molecule has 0 saturated heterocycles. The number of aliphatic carboxylic acids is 1. The third kappa shape index (κ3) is 4.70. The van der Waals surface area contributed by atoms with Crippen LogP contribution >= 0.6 is 0 Å². The minimum absolute atomic E-state index is 0.0639. The SMILES string of the molecule is CC(C)(C)OC(=O)NCC1(C(=O)O)CCC(N)CC1. The van der Waals surface area contributed by atoms with Crippen molar-refractivity contribution in [3.8, 4) is 0 Å². The summed E-state index contributed by atoms with van der Waals surface area (Å²) in [5.74, 6) is -0.879. The van der Waals surface area contributed by atoms with Gasteiger partial charge in [0.25, 0.3) is 0 Å². The maximum absolute atomic E-state index is 11.6. The third-order valence-electron chi connectivity index (χ3n) is 3.41. The summed E-state index contributed by atoms with van der Waals surface area (Å²) in [6.45, 7) is 5.38. The Balaban J connectivity index is 2.56. The van der Waals surface area contributed by atoms with E-state index in [1.165, 1.54) is 0 Å². The summed E-state index contributed by atoms with van der Waals surface area (Å²) in [6, 6.07) is 0.0639. The second-order valence-corrected chi connectivity index (χ2v) is 6.28. The first-order chi connectivity index (χ1) is 8.65. The van der Waals surface area contributed by atoms with E-state index in [1.807, 2.05) is 0 Å². The van der Waals surface area contributed by atoms with E-state index in [2.05, 4.69) is 5.32 Å². The van der Waals surface area contributed by atoms with Gasteiger partial charge in [-0.3, -0.25) is 4.79 Å². The molecule has 0 aliphatic heterocycles. The lowest BCUT2D eigenvalue weighted by Crippen LogP contribution is -2.48. The first-order valence-electron chi connectivity index (χ1n) is 6.60. The molecule has 1 fully saturated rings. The number of carbonyl (C=O) groups is 2. The van der Waals surface area contributed by atoms with Gasteiger partial charge in [0.15, 0.2) is 0 Å². The Morgan fingerprint density at radius 2 is 1.89 bits per heavy atom. The zero-order valence-corrected chi connectivity index (χ0v) is 11.9. The molecule has 0 spiro atoms. The molecule has 0 aromatic carbocycles. The van der Waals surface area contributed by atoms with Crippen LogP contribution in [-0.2, 0) is 9.53 Å². The molecule has 0 heterocycles. The molecule has 0 aromatic rings. The largest absolute Gasteiger partial charge is 0.481 e. The highest BCUT2D eigenvalue weighted by Crippen LogP contribution is 2.35. The molecule has 1 aliphatic rings. The fourth-order valence-electron chi connectivity index (χ4n) is 2.21. The van der Waals surface area contributed by atoms with Crippen LogP contribution in [0.15, 0.2) is 0 Å². The lowest BCUT2D eigenvalue weighted by Gasteiger charge is -2.35. The Hall–Kier alpha value is -1.30. The van der Waals surface area contributed by atoms with Crippen molar-refractivity contribution in [1.29, 1.82) is 0 Å². The fraction of sp³-hybridized carbons (Fsp3) is 0.846. The van der Waals surface area contributed by atoms with Gasteiger partial charge in [0.05, 0.1) is 5.41 Å². The van der Waals surface area contributed by atoms with Crippen LogP contribution in [0.1, 0.15) is 46.5 Å². The normalized spacial score (nSPS) is 27.7. The van der Waals surface area contributed by atoms with Gasteiger partial charge in [-0.05, 0) is 46.5 Å². The van der Waals surface area contributed by atoms with Gasteiger partial charge in [0.2, 0.25) is 0 Å². The van der Waals surface area contributed by atoms with Gasteiger partial charge in [-0.15, -0.1) is 0 Å². The van der Waals surface area contributed by atoms with E-state index in [0.29, 0.717) is 25.7 Å². The lowest BCUT2D eigenvalue weighted by molar-refractivity contribution is -0.150. The minimum atomic E-state index is -0.910. The van der Waals surface area contributed by atoms with Gasteiger partial charge in [-0.1, -0.05) is 0 Å². The molecule has 4 N–H and O–H groups in total. The number of hydrogen-bond acceptors (Lipinski definition) is 4. The van der Waals surface area contributed by atoms with Crippen LogP contribution in [0.25, 0.3) is 0 Å². The number of alkyl carbamates (subject to hydrolysis) is 1. The Morgan fingerprint density at radius 3 is 2.32 bits per heavy atom. The van der Waals surface area contributed by atoms with Crippen molar-refractivity contribution in [2.75, 3.05) is 6.54 Å². The van der Waals surface area contributed by atoms with Crippen molar-refractivity contribution in [3.63, 3.8) is 0 Å². The number of nitrogens with one attached hydrogen (secondary N) is 1. The van der Waals surface area contributed by atoms with Gasteiger partial charge in [-0.2, -0.15) is 0 Å².